The monoisotopic (exact) mass is 330 g/mol. The molecule has 24 heavy (non-hydrogen) atoms. The average molecular weight is 330 g/mol. The number of carbonyl (C=O) groups excluding carboxylic acids is 2. The van der Waals surface area contributed by atoms with Crippen LogP contribution >= 0.6 is 0 Å². The molecule has 2 N–H and O–H groups in total. The Labute approximate surface area is 141 Å². The largest absolute Gasteiger partial charge is 0.450 e. The number of ether oxygens (including phenoxy) is 1. The Bertz CT molecular complexity index is 633. The minimum atomic E-state index is -0.659. The first-order chi connectivity index (χ1) is 11.5. The maximum Gasteiger partial charge on any atom is 0.409 e. The maximum absolute atomic E-state index is 12.5. The summed E-state index contributed by atoms with van der Waals surface area (Å²) >= 11 is 0. The second-order valence-corrected chi connectivity index (χ2v) is 5.63. The van der Waals surface area contributed by atoms with E-state index >= 15 is 0 Å². The van der Waals surface area contributed by atoms with E-state index in [2.05, 4.69) is 6.07 Å². The van der Waals surface area contributed by atoms with Crippen LogP contribution in [0, 0.1) is 11.3 Å². The van der Waals surface area contributed by atoms with Gasteiger partial charge in [0.2, 0.25) is 5.91 Å². The molecule has 0 spiro atoms. The topological polar surface area (TPSA) is 99.7 Å². The van der Waals surface area contributed by atoms with Crippen LogP contribution < -0.4 is 5.73 Å². The molecule has 0 saturated carbocycles. The third-order valence-corrected chi connectivity index (χ3v) is 3.95. The minimum Gasteiger partial charge on any atom is -0.450 e. The highest BCUT2D eigenvalue weighted by atomic mass is 16.6. The van der Waals surface area contributed by atoms with Crippen molar-refractivity contribution in [2.45, 2.75) is 19.4 Å². The molecule has 1 aliphatic heterocycles. The summed E-state index contributed by atoms with van der Waals surface area (Å²) in [7, 11) is 0. The Kier molecular flexibility index (Phi) is 6.15. The minimum absolute atomic E-state index is 0.138. The zero-order valence-corrected chi connectivity index (χ0v) is 13.8. The highest BCUT2D eigenvalue weighted by Crippen LogP contribution is 2.10. The molecule has 7 nitrogen and oxygen atoms in total. The Balaban J connectivity index is 1.88. The van der Waals surface area contributed by atoms with Crippen molar-refractivity contribution in [2.24, 2.45) is 5.73 Å². The van der Waals surface area contributed by atoms with Crippen LogP contribution in [0.1, 0.15) is 18.1 Å². The van der Waals surface area contributed by atoms with Crippen LogP contribution in [0.4, 0.5) is 4.79 Å². The summed E-state index contributed by atoms with van der Waals surface area (Å²) in [6.45, 7) is 3.89. The van der Waals surface area contributed by atoms with E-state index < -0.39 is 6.04 Å². The number of rotatable bonds is 4. The van der Waals surface area contributed by atoms with E-state index in [1.54, 1.807) is 34.9 Å². The molecule has 1 aliphatic rings. The molecule has 0 radical (unpaired) electrons. The van der Waals surface area contributed by atoms with Gasteiger partial charge in [-0.15, -0.1) is 0 Å². The Morgan fingerprint density at radius 3 is 2.58 bits per heavy atom. The summed E-state index contributed by atoms with van der Waals surface area (Å²) < 4.78 is 4.96. The summed E-state index contributed by atoms with van der Waals surface area (Å²) in [5.41, 5.74) is 7.45. The van der Waals surface area contributed by atoms with E-state index in [4.69, 9.17) is 15.7 Å². The summed E-state index contributed by atoms with van der Waals surface area (Å²) in [5, 5.41) is 8.92. The van der Waals surface area contributed by atoms with Gasteiger partial charge in [-0.2, -0.15) is 5.26 Å². The molecule has 1 fully saturated rings. The predicted octanol–water partition coefficient (Wildman–Crippen LogP) is 0.729. The van der Waals surface area contributed by atoms with Crippen LogP contribution in [0.2, 0.25) is 0 Å². The number of piperazine rings is 1. The van der Waals surface area contributed by atoms with E-state index in [1.165, 1.54) is 0 Å². The van der Waals surface area contributed by atoms with Crippen molar-refractivity contribution in [1.29, 1.82) is 5.26 Å². The van der Waals surface area contributed by atoms with Crippen molar-refractivity contribution in [2.75, 3.05) is 32.8 Å². The lowest BCUT2D eigenvalue weighted by atomic mass is 10.0. The molecule has 1 heterocycles. The van der Waals surface area contributed by atoms with E-state index in [0.29, 0.717) is 44.8 Å². The van der Waals surface area contributed by atoms with Crippen LogP contribution in [-0.2, 0) is 16.0 Å². The summed E-state index contributed by atoms with van der Waals surface area (Å²) in [4.78, 5) is 27.4. The molecule has 0 aromatic heterocycles. The van der Waals surface area contributed by atoms with Gasteiger partial charge in [-0.25, -0.2) is 4.79 Å². The van der Waals surface area contributed by atoms with Gasteiger partial charge in [0.1, 0.15) is 0 Å². The quantitative estimate of drug-likeness (QED) is 0.877. The highest BCUT2D eigenvalue weighted by molar-refractivity contribution is 5.82. The Morgan fingerprint density at radius 2 is 1.96 bits per heavy atom. The number of hydrogen-bond donors (Lipinski definition) is 1. The predicted molar refractivity (Wildman–Crippen MR) is 88.0 cm³/mol. The lowest BCUT2D eigenvalue weighted by Crippen LogP contribution is -2.54. The second-order valence-electron chi connectivity index (χ2n) is 5.63. The van der Waals surface area contributed by atoms with Gasteiger partial charge in [0.05, 0.1) is 24.3 Å². The fraction of sp³-hybridized carbons (Fsp3) is 0.471. The molecule has 0 bridgehead atoms. The first-order valence-corrected chi connectivity index (χ1v) is 8.00. The molecule has 7 heteroatoms. The molecule has 1 aromatic rings. The SMILES string of the molecule is CCOC(=O)N1CCN(C(=O)[C@@H](N)Cc2cccc(C#N)c2)CC1. The third kappa shape index (κ3) is 4.46. The van der Waals surface area contributed by atoms with Gasteiger partial charge in [-0.1, -0.05) is 12.1 Å². The van der Waals surface area contributed by atoms with Gasteiger partial charge in [-0.3, -0.25) is 4.79 Å². The molecule has 2 rings (SSSR count). The molecule has 0 aliphatic carbocycles. The fourth-order valence-electron chi connectivity index (χ4n) is 2.67. The Hall–Kier alpha value is -2.59. The second kappa shape index (κ2) is 8.31. The smallest absolute Gasteiger partial charge is 0.409 e. The van der Waals surface area contributed by atoms with E-state index in [9.17, 15) is 9.59 Å². The lowest BCUT2D eigenvalue weighted by Gasteiger charge is -2.35. The van der Waals surface area contributed by atoms with Crippen molar-refractivity contribution in [1.82, 2.24) is 9.80 Å². The van der Waals surface area contributed by atoms with Gasteiger partial charge in [0.15, 0.2) is 0 Å². The van der Waals surface area contributed by atoms with E-state index in [0.717, 1.165) is 5.56 Å². The number of carbonyl (C=O) groups is 2. The van der Waals surface area contributed by atoms with Crippen LogP contribution in [0.3, 0.4) is 0 Å². The number of nitrogens with two attached hydrogens (primary N) is 1. The van der Waals surface area contributed by atoms with Gasteiger partial charge in [-0.05, 0) is 31.0 Å². The van der Waals surface area contributed by atoms with Crippen LogP contribution in [0.25, 0.3) is 0 Å². The summed E-state index contributed by atoms with van der Waals surface area (Å²) in [6.07, 6.45) is 0.0362. The first kappa shape index (κ1) is 17.8. The zero-order chi connectivity index (χ0) is 17.5. The molecular formula is C17H22N4O3. The lowest BCUT2D eigenvalue weighted by molar-refractivity contribution is -0.134. The van der Waals surface area contributed by atoms with Gasteiger partial charge in [0.25, 0.3) is 0 Å². The number of hydrogen-bond acceptors (Lipinski definition) is 5. The van der Waals surface area contributed by atoms with Crippen molar-refractivity contribution in [3.63, 3.8) is 0 Å². The number of nitrogens with zero attached hydrogens (tertiary/aromatic N) is 3. The molecule has 128 valence electrons. The molecule has 1 saturated heterocycles. The summed E-state index contributed by atoms with van der Waals surface area (Å²) in [6, 6.07) is 8.50. The van der Waals surface area contributed by atoms with Crippen LogP contribution in [0.5, 0.6) is 0 Å². The normalized spacial score (nSPS) is 15.5. The average Bonchev–Trinajstić information content (AvgIpc) is 2.61. The zero-order valence-electron chi connectivity index (χ0n) is 13.8. The molecular weight excluding hydrogens is 308 g/mol. The van der Waals surface area contributed by atoms with Gasteiger partial charge >= 0.3 is 6.09 Å². The number of nitriles is 1. The van der Waals surface area contributed by atoms with Crippen molar-refractivity contribution in [3.05, 3.63) is 35.4 Å². The van der Waals surface area contributed by atoms with Crippen molar-refractivity contribution < 1.29 is 14.3 Å². The molecule has 1 aromatic carbocycles. The molecule has 0 unspecified atom stereocenters. The van der Waals surface area contributed by atoms with Crippen LogP contribution in [-0.4, -0.2) is 60.6 Å². The third-order valence-electron chi connectivity index (χ3n) is 3.95. The van der Waals surface area contributed by atoms with E-state index in [1.807, 2.05) is 6.07 Å². The fourth-order valence-corrected chi connectivity index (χ4v) is 2.67. The standard InChI is InChI=1S/C17H22N4O3/c1-2-24-17(23)21-8-6-20(7-9-21)16(22)15(19)11-13-4-3-5-14(10-13)12-18/h3-5,10,15H,2,6-9,11,19H2,1H3/t15-/m0/s1. The first-order valence-electron chi connectivity index (χ1n) is 8.00. The van der Waals surface area contributed by atoms with Crippen molar-refractivity contribution in [3.8, 4) is 6.07 Å². The molecule has 2 amide bonds. The van der Waals surface area contributed by atoms with Gasteiger partial charge < -0.3 is 20.3 Å². The summed E-state index contributed by atoms with van der Waals surface area (Å²) in [5.74, 6) is -0.138. The number of benzene rings is 1. The molecule has 1 atom stereocenters. The van der Waals surface area contributed by atoms with E-state index in [-0.39, 0.29) is 12.0 Å². The van der Waals surface area contributed by atoms with Crippen LogP contribution in [0.15, 0.2) is 24.3 Å². The van der Waals surface area contributed by atoms with Crippen molar-refractivity contribution >= 4 is 12.0 Å². The number of amides is 2. The van der Waals surface area contributed by atoms with Gasteiger partial charge in [0, 0.05) is 26.2 Å². The Morgan fingerprint density at radius 1 is 1.29 bits per heavy atom. The maximum atomic E-state index is 12.5. The highest BCUT2D eigenvalue weighted by Gasteiger charge is 2.27.